The maximum atomic E-state index is 13.0. The monoisotopic (exact) mass is 736 g/mol. The van der Waals surface area contributed by atoms with Gasteiger partial charge in [-0.1, -0.05) is 38.1 Å². The molecule has 14 nitrogen and oxygen atoms in total. The van der Waals surface area contributed by atoms with Crippen LogP contribution in [0.5, 0.6) is 0 Å². The van der Waals surface area contributed by atoms with Gasteiger partial charge >= 0.3 is 12.1 Å². The van der Waals surface area contributed by atoms with Crippen LogP contribution in [0, 0.1) is 23.7 Å². The van der Waals surface area contributed by atoms with Gasteiger partial charge in [0.05, 0.1) is 39.0 Å². The van der Waals surface area contributed by atoms with E-state index in [1.165, 1.54) is 10.5 Å². The second-order valence-corrected chi connectivity index (χ2v) is 14.8. The molecule has 2 fully saturated rings. The van der Waals surface area contributed by atoms with E-state index in [1.807, 2.05) is 6.07 Å². The number of ether oxygens (including phenoxy) is 4. The quantitative estimate of drug-likeness (QED) is 0.118. The molecule has 14 heteroatoms. The van der Waals surface area contributed by atoms with Crippen LogP contribution in [0.3, 0.4) is 0 Å². The van der Waals surface area contributed by atoms with Crippen molar-refractivity contribution in [2.24, 2.45) is 23.7 Å². The first kappa shape index (κ1) is 38.5. The summed E-state index contributed by atoms with van der Waals surface area (Å²) in [4.78, 5) is 63.3. The fourth-order valence-corrected chi connectivity index (χ4v) is 8.37. The van der Waals surface area contributed by atoms with Gasteiger partial charge in [-0.2, -0.15) is 0 Å². The van der Waals surface area contributed by atoms with Crippen molar-refractivity contribution in [2.75, 3.05) is 44.8 Å². The molecule has 4 amide bonds. The Labute approximate surface area is 310 Å². The third-order valence-electron chi connectivity index (χ3n) is 10.9. The molecule has 2 aliphatic carbocycles. The highest BCUT2D eigenvalue weighted by Crippen LogP contribution is 2.45. The summed E-state index contributed by atoms with van der Waals surface area (Å²) in [5, 5.41) is 18.5. The van der Waals surface area contributed by atoms with Crippen molar-refractivity contribution in [2.45, 2.75) is 89.7 Å². The zero-order valence-electron chi connectivity index (χ0n) is 30.6. The Kier molecular flexibility index (Phi) is 12.8. The summed E-state index contributed by atoms with van der Waals surface area (Å²) in [6.45, 7) is 6.80. The van der Waals surface area contributed by atoms with E-state index in [9.17, 15) is 29.1 Å². The number of hydrogen-bond acceptors (Lipinski definition) is 11. The average Bonchev–Trinajstić information content (AvgIpc) is 3.44. The number of carbonyl (C=O) groups excluding carboxylic acids is 5. The van der Waals surface area contributed by atoms with Crippen LogP contribution < -0.4 is 16.0 Å². The standard InChI is InChI=1S/C39H52N4O10/c1-23-18-25-7-6-24(2)28(9-8-27-20-26(44)21-35(46)52-27)36(25)33(19-23)53-39(49)41-13-15-51-17-16-50-14-12-40-31-5-3-4-29-30(31)22-43(38(29)48)32-10-11-34(45)42-37(32)47/h3-7,18,23-24,26-28,32-33,36,40,44H,8-17,19-22H2,1-2H3,(H,41,49)(H,42,45,47)/t23-,24-,26+,27+,28-,32?,33-,36-/m0/s1. The molecule has 0 radical (unpaired) electrons. The highest BCUT2D eigenvalue weighted by molar-refractivity contribution is 6.06. The van der Waals surface area contributed by atoms with Gasteiger partial charge in [-0.15, -0.1) is 0 Å². The second kappa shape index (κ2) is 17.7. The third kappa shape index (κ3) is 9.64. The first-order valence-electron chi connectivity index (χ1n) is 18.9. The minimum Gasteiger partial charge on any atom is -0.462 e. The van der Waals surface area contributed by atoms with Crippen LogP contribution >= 0.6 is 0 Å². The van der Waals surface area contributed by atoms with Crippen LogP contribution in [0.2, 0.25) is 0 Å². The lowest BCUT2D eigenvalue weighted by molar-refractivity contribution is -0.160. The number of esters is 1. The van der Waals surface area contributed by atoms with Gasteiger partial charge in [0.2, 0.25) is 11.8 Å². The molecule has 1 aromatic rings. The van der Waals surface area contributed by atoms with E-state index in [-0.39, 0.29) is 66.5 Å². The fraction of sp³-hybridized carbons (Fsp3) is 0.615. The summed E-state index contributed by atoms with van der Waals surface area (Å²) in [5.74, 6) is -0.539. The van der Waals surface area contributed by atoms with Crippen LogP contribution in [0.25, 0.3) is 0 Å². The number of amides is 4. The zero-order valence-corrected chi connectivity index (χ0v) is 30.6. The number of rotatable bonds is 15. The number of cyclic esters (lactones) is 1. The van der Waals surface area contributed by atoms with E-state index >= 15 is 0 Å². The van der Waals surface area contributed by atoms with Gasteiger partial charge in [0.25, 0.3) is 5.91 Å². The van der Waals surface area contributed by atoms with Gasteiger partial charge in [0.1, 0.15) is 18.2 Å². The van der Waals surface area contributed by atoms with Gasteiger partial charge in [-0.05, 0) is 61.1 Å². The third-order valence-corrected chi connectivity index (χ3v) is 10.9. The van der Waals surface area contributed by atoms with Crippen molar-refractivity contribution >= 4 is 35.5 Å². The molecular weight excluding hydrogens is 684 g/mol. The number of imide groups is 1. The number of alkyl carbamates (subject to hydrolysis) is 1. The molecule has 3 aliphatic heterocycles. The molecule has 1 aromatic carbocycles. The summed E-state index contributed by atoms with van der Waals surface area (Å²) >= 11 is 0. The molecule has 0 spiro atoms. The number of anilines is 1. The topological polar surface area (TPSA) is 182 Å². The average molecular weight is 737 g/mol. The lowest BCUT2D eigenvalue weighted by Gasteiger charge is -2.43. The zero-order chi connectivity index (χ0) is 37.5. The number of nitrogens with one attached hydrogen (secondary N) is 3. The van der Waals surface area contributed by atoms with Crippen LogP contribution in [0.15, 0.2) is 42.0 Å². The Morgan fingerprint density at radius 1 is 1.04 bits per heavy atom. The van der Waals surface area contributed by atoms with Gasteiger partial charge in [0, 0.05) is 55.2 Å². The number of hydrogen-bond donors (Lipinski definition) is 4. The van der Waals surface area contributed by atoms with Crippen molar-refractivity contribution in [1.82, 2.24) is 15.5 Å². The van der Waals surface area contributed by atoms with Crippen molar-refractivity contribution in [3.63, 3.8) is 0 Å². The lowest BCUT2D eigenvalue weighted by atomic mass is 9.65. The SMILES string of the molecule is C[C@H]1C=C2C=C[C@H](C)[C@H](CC[C@@H]3C[C@@H](O)CC(=O)O3)[C@H]2[C@@H](OC(=O)NCCOCCOCCNc2cccc3c2CN(C2CCC(=O)NC2=O)C3=O)C1. The summed E-state index contributed by atoms with van der Waals surface area (Å²) < 4.78 is 22.9. The number of nitrogens with zero attached hydrogens (tertiary/aromatic N) is 1. The molecule has 288 valence electrons. The van der Waals surface area contributed by atoms with Crippen LogP contribution in [0.1, 0.15) is 74.7 Å². The molecule has 0 aromatic heterocycles. The largest absolute Gasteiger partial charge is 0.462 e. The maximum Gasteiger partial charge on any atom is 0.407 e. The van der Waals surface area contributed by atoms with E-state index in [0.717, 1.165) is 24.1 Å². The van der Waals surface area contributed by atoms with Crippen LogP contribution in [0.4, 0.5) is 10.5 Å². The van der Waals surface area contributed by atoms with E-state index in [1.54, 1.807) is 12.1 Å². The minimum absolute atomic E-state index is 0.0434. The van der Waals surface area contributed by atoms with Crippen LogP contribution in [-0.2, 0) is 39.9 Å². The van der Waals surface area contributed by atoms with Crippen LogP contribution in [-0.4, -0.2) is 104 Å². The molecule has 0 saturated carbocycles. The normalized spacial score (nSPS) is 29.5. The number of fused-ring (bicyclic) bond motifs is 2. The number of carbonyl (C=O) groups is 5. The number of allylic oxidation sites excluding steroid dienone is 3. The predicted molar refractivity (Wildman–Crippen MR) is 192 cm³/mol. The number of aliphatic hydroxyl groups excluding tert-OH is 1. The van der Waals surface area contributed by atoms with E-state index in [4.69, 9.17) is 18.9 Å². The first-order chi connectivity index (χ1) is 25.6. The Balaban J connectivity index is 0.866. The molecule has 0 bridgehead atoms. The van der Waals surface area contributed by atoms with Crippen molar-refractivity contribution < 1.29 is 48.0 Å². The second-order valence-electron chi connectivity index (χ2n) is 14.8. The van der Waals surface area contributed by atoms with E-state index < -0.39 is 24.1 Å². The smallest absolute Gasteiger partial charge is 0.407 e. The summed E-state index contributed by atoms with van der Waals surface area (Å²) in [5.41, 5.74) is 3.36. The first-order valence-corrected chi connectivity index (χ1v) is 18.9. The Hall–Kier alpha value is -4.27. The van der Waals surface area contributed by atoms with Gasteiger partial charge in [0.15, 0.2) is 0 Å². The molecule has 1 unspecified atom stereocenters. The summed E-state index contributed by atoms with van der Waals surface area (Å²) in [6.07, 6.45) is 8.12. The molecule has 3 heterocycles. The Morgan fingerprint density at radius 2 is 1.83 bits per heavy atom. The molecule has 4 N–H and O–H groups in total. The minimum atomic E-state index is -0.660. The van der Waals surface area contributed by atoms with Crippen molar-refractivity contribution in [1.29, 1.82) is 0 Å². The molecule has 8 atom stereocenters. The van der Waals surface area contributed by atoms with Gasteiger partial charge < -0.3 is 39.6 Å². The molecule has 6 rings (SSSR count). The Morgan fingerprint density at radius 3 is 2.60 bits per heavy atom. The fourth-order valence-electron chi connectivity index (χ4n) is 8.37. The molecule has 5 aliphatic rings. The molecule has 2 saturated heterocycles. The van der Waals surface area contributed by atoms with Gasteiger partial charge in [-0.3, -0.25) is 24.5 Å². The molecular formula is C39H52N4O10. The van der Waals surface area contributed by atoms with Crippen molar-refractivity contribution in [3.05, 3.63) is 53.1 Å². The number of aliphatic hydroxyl groups is 1. The summed E-state index contributed by atoms with van der Waals surface area (Å²) in [7, 11) is 0. The Bertz CT molecular complexity index is 1600. The summed E-state index contributed by atoms with van der Waals surface area (Å²) in [6, 6.07) is 4.78. The number of piperidine rings is 1. The number of benzene rings is 1. The lowest BCUT2D eigenvalue weighted by Crippen LogP contribution is -2.52. The van der Waals surface area contributed by atoms with Crippen molar-refractivity contribution in [3.8, 4) is 0 Å². The predicted octanol–water partition coefficient (Wildman–Crippen LogP) is 3.24. The highest BCUT2D eigenvalue weighted by atomic mass is 16.6. The highest BCUT2D eigenvalue weighted by Gasteiger charge is 2.42. The van der Waals surface area contributed by atoms with E-state index in [2.05, 4.69) is 48.0 Å². The maximum absolute atomic E-state index is 13.0. The van der Waals surface area contributed by atoms with Gasteiger partial charge in [-0.25, -0.2) is 4.79 Å². The molecule has 53 heavy (non-hydrogen) atoms. The van der Waals surface area contributed by atoms with E-state index in [0.29, 0.717) is 70.9 Å².